The third-order valence-corrected chi connectivity index (χ3v) is 2.57. The number of nitrogens with zero attached hydrogens (tertiary/aromatic N) is 1. The maximum Gasteiger partial charge on any atom is 0.0942 e. The van der Waals surface area contributed by atoms with E-state index >= 15 is 0 Å². The fourth-order valence-electron chi connectivity index (χ4n) is 1.41. The van der Waals surface area contributed by atoms with E-state index in [1.807, 2.05) is 6.07 Å². The first-order valence-corrected chi connectivity index (χ1v) is 5.24. The second-order valence-corrected chi connectivity index (χ2v) is 3.91. The summed E-state index contributed by atoms with van der Waals surface area (Å²) in [6, 6.07) is 3.60. The Morgan fingerprint density at radius 2 is 2.31 bits per heavy atom. The number of aliphatic hydroxyl groups is 2. The number of fused-ring (bicyclic) bond motifs is 1. The molecule has 0 bridgehead atoms. The van der Waals surface area contributed by atoms with Gasteiger partial charge in [0.25, 0.3) is 0 Å². The zero-order chi connectivity index (χ0) is 11.5. The van der Waals surface area contributed by atoms with Crippen LogP contribution in [-0.4, -0.2) is 39.7 Å². The molecule has 1 atom stereocenters. The molecule has 0 aliphatic heterocycles. The summed E-state index contributed by atoms with van der Waals surface area (Å²) in [6.07, 6.45) is 0.876. The second kappa shape index (κ2) is 4.69. The van der Waals surface area contributed by atoms with Crippen LogP contribution in [0, 0.1) is 0 Å². The van der Waals surface area contributed by atoms with E-state index < -0.39 is 6.10 Å². The minimum absolute atomic E-state index is 0.270. The summed E-state index contributed by atoms with van der Waals surface area (Å²) in [5.41, 5.74) is 1.60. The van der Waals surface area contributed by atoms with E-state index in [9.17, 15) is 5.11 Å². The molecule has 0 spiro atoms. The van der Waals surface area contributed by atoms with E-state index in [1.54, 1.807) is 12.3 Å². The van der Waals surface area contributed by atoms with Gasteiger partial charge >= 0.3 is 0 Å². The van der Waals surface area contributed by atoms with Gasteiger partial charge in [-0.25, -0.2) is 0 Å². The van der Waals surface area contributed by atoms with Crippen molar-refractivity contribution in [1.82, 2.24) is 10.2 Å². The van der Waals surface area contributed by atoms with E-state index in [1.165, 1.54) is 0 Å². The predicted molar refractivity (Wildman–Crippen MR) is 62.7 cm³/mol. The molecule has 86 valence electrons. The van der Waals surface area contributed by atoms with Crippen LogP contribution in [-0.2, 0) is 0 Å². The van der Waals surface area contributed by atoms with Crippen LogP contribution in [0.25, 0.3) is 10.9 Å². The minimum atomic E-state index is -0.781. The number of anilines is 1. The quantitative estimate of drug-likeness (QED) is 0.643. The summed E-state index contributed by atoms with van der Waals surface area (Å²) in [7, 11) is 0. The first-order chi connectivity index (χ1) is 7.70. The first kappa shape index (κ1) is 11.2. The highest BCUT2D eigenvalue weighted by Gasteiger charge is 2.05. The van der Waals surface area contributed by atoms with Crippen molar-refractivity contribution in [2.75, 3.05) is 18.5 Å². The Bertz CT molecular complexity index is 486. The highest BCUT2D eigenvalue weighted by Crippen LogP contribution is 2.26. The summed E-state index contributed by atoms with van der Waals surface area (Å²) < 4.78 is 0. The van der Waals surface area contributed by atoms with Gasteiger partial charge < -0.3 is 15.5 Å². The van der Waals surface area contributed by atoms with E-state index in [0.29, 0.717) is 5.02 Å². The van der Waals surface area contributed by atoms with Crippen LogP contribution in [0.15, 0.2) is 18.3 Å². The van der Waals surface area contributed by atoms with E-state index in [4.69, 9.17) is 16.7 Å². The molecular formula is C10H12ClN3O2. The van der Waals surface area contributed by atoms with Gasteiger partial charge in [0.15, 0.2) is 0 Å². The van der Waals surface area contributed by atoms with Crippen LogP contribution in [0.4, 0.5) is 5.69 Å². The fourth-order valence-corrected chi connectivity index (χ4v) is 1.68. The highest BCUT2D eigenvalue weighted by atomic mass is 35.5. The summed E-state index contributed by atoms with van der Waals surface area (Å²) in [6.45, 7) is -0.000489. The lowest BCUT2D eigenvalue weighted by Gasteiger charge is -2.10. The summed E-state index contributed by atoms with van der Waals surface area (Å²) >= 11 is 6.04. The minimum Gasteiger partial charge on any atom is -0.394 e. The summed E-state index contributed by atoms with van der Waals surface area (Å²) in [5, 5.41) is 29.0. The Morgan fingerprint density at radius 3 is 3.06 bits per heavy atom. The van der Waals surface area contributed by atoms with Crippen LogP contribution in [0.1, 0.15) is 0 Å². The fraction of sp³-hybridized carbons (Fsp3) is 0.300. The molecule has 5 nitrogen and oxygen atoms in total. The van der Waals surface area contributed by atoms with Gasteiger partial charge in [0.1, 0.15) is 0 Å². The van der Waals surface area contributed by atoms with Crippen LogP contribution in [0.5, 0.6) is 0 Å². The first-order valence-electron chi connectivity index (χ1n) is 4.86. The number of aromatic nitrogens is 2. The smallest absolute Gasteiger partial charge is 0.0942 e. The Hall–Kier alpha value is -1.30. The van der Waals surface area contributed by atoms with Gasteiger partial charge in [-0.05, 0) is 12.1 Å². The van der Waals surface area contributed by atoms with Crippen molar-refractivity contribution in [3.05, 3.63) is 23.4 Å². The Kier molecular flexibility index (Phi) is 3.28. The number of hydrogen-bond donors (Lipinski definition) is 4. The third kappa shape index (κ3) is 2.27. The molecular weight excluding hydrogens is 230 g/mol. The summed E-state index contributed by atoms with van der Waals surface area (Å²) in [5.74, 6) is 0. The van der Waals surface area contributed by atoms with Crippen molar-refractivity contribution in [3.63, 3.8) is 0 Å². The molecule has 1 unspecified atom stereocenters. The Labute approximate surface area is 97.0 Å². The highest BCUT2D eigenvalue weighted by molar-refractivity contribution is 6.35. The molecule has 2 rings (SSSR count). The second-order valence-electron chi connectivity index (χ2n) is 3.51. The number of halogens is 1. The van der Waals surface area contributed by atoms with Crippen molar-refractivity contribution in [2.45, 2.75) is 6.10 Å². The van der Waals surface area contributed by atoms with Crippen molar-refractivity contribution >= 4 is 28.2 Å². The maximum absolute atomic E-state index is 9.20. The lowest BCUT2D eigenvalue weighted by molar-refractivity contribution is 0.105. The van der Waals surface area contributed by atoms with Gasteiger partial charge in [0.2, 0.25) is 0 Å². The topological polar surface area (TPSA) is 81.2 Å². The van der Waals surface area contributed by atoms with E-state index in [-0.39, 0.29) is 13.2 Å². The monoisotopic (exact) mass is 241 g/mol. The molecule has 0 saturated carbocycles. The lowest BCUT2D eigenvalue weighted by atomic mass is 10.2. The third-order valence-electron chi connectivity index (χ3n) is 2.26. The van der Waals surface area contributed by atoms with E-state index in [2.05, 4.69) is 15.5 Å². The molecule has 0 aliphatic rings. The molecule has 2 aromatic rings. The molecule has 1 heterocycles. The van der Waals surface area contributed by atoms with Crippen LogP contribution in [0.3, 0.4) is 0 Å². The van der Waals surface area contributed by atoms with Gasteiger partial charge in [-0.15, -0.1) is 0 Å². The molecule has 6 heteroatoms. The molecule has 1 aromatic carbocycles. The molecule has 0 radical (unpaired) electrons. The number of nitrogens with one attached hydrogen (secondary N) is 2. The zero-order valence-electron chi connectivity index (χ0n) is 8.44. The molecule has 0 aliphatic carbocycles. The lowest BCUT2D eigenvalue weighted by Crippen LogP contribution is -2.22. The largest absolute Gasteiger partial charge is 0.394 e. The van der Waals surface area contributed by atoms with Crippen molar-refractivity contribution in [3.8, 4) is 0 Å². The number of rotatable bonds is 4. The van der Waals surface area contributed by atoms with E-state index in [0.717, 1.165) is 16.6 Å². The standard InChI is InChI=1S/C10H12ClN3O2/c11-9-1-6(12-3-7(16)5-15)2-10-8(9)4-13-14-10/h1-2,4,7,12,15-16H,3,5H2,(H,13,14). The molecule has 0 amide bonds. The molecule has 0 fully saturated rings. The molecule has 16 heavy (non-hydrogen) atoms. The number of H-pyrrole nitrogens is 1. The van der Waals surface area contributed by atoms with Gasteiger partial charge in [-0.1, -0.05) is 11.6 Å². The Morgan fingerprint density at radius 1 is 1.50 bits per heavy atom. The summed E-state index contributed by atoms with van der Waals surface area (Å²) in [4.78, 5) is 0. The molecule has 0 saturated heterocycles. The van der Waals surface area contributed by atoms with Crippen LogP contribution in [0.2, 0.25) is 5.02 Å². The van der Waals surface area contributed by atoms with Crippen molar-refractivity contribution in [2.24, 2.45) is 0 Å². The maximum atomic E-state index is 9.20. The molecule has 1 aromatic heterocycles. The van der Waals surface area contributed by atoms with Gasteiger partial charge in [-0.2, -0.15) is 5.10 Å². The Balaban J connectivity index is 2.18. The number of benzene rings is 1. The SMILES string of the molecule is OCC(O)CNc1cc(Cl)c2cn[nH]c2c1. The normalized spacial score (nSPS) is 12.9. The number of aromatic amines is 1. The van der Waals surface area contributed by atoms with Crippen LogP contribution < -0.4 is 5.32 Å². The van der Waals surface area contributed by atoms with Crippen LogP contribution >= 0.6 is 11.6 Å². The predicted octanol–water partition coefficient (Wildman–Crippen LogP) is 0.981. The van der Waals surface area contributed by atoms with Crippen molar-refractivity contribution < 1.29 is 10.2 Å². The van der Waals surface area contributed by atoms with Gasteiger partial charge in [0.05, 0.1) is 29.4 Å². The zero-order valence-corrected chi connectivity index (χ0v) is 9.20. The van der Waals surface area contributed by atoms with Gasteiger partial charge in [0, 0.05) is 17.6 Å². The average Bonchev–Trinajstić information content (AvgIpc) is 2.74. The van der Waals surface area contributed by atoms with Gasteiger partial charge in [-0.3, -0.25) is 5.10 Å². The molecule has 4 N–H and O–H groups in total. The number of aliphatic hydroxyl groups excluding tert-OH is 2. The number of hydrogen-bond acceptors (Lipinski definition) is 4. The average molecular weight is 242 g/mol. The van der Waals surface area contributed by atoms with Crippen molar-refractivity contribution in [1.29, 1.82) is 0 Å².